The number of carbonyl (C=O) groups excluding carboxylic acids is 1. The molecule has 0 radical (unpaired) electrons. The summed E-state index contributed by atoms with van der Waals surface area (Å²) in [4.78, 5) is 11.2. The molecule has 0 atom stereocenters. The lowest BCUT2D eigenvalue weighted by molar-refractivity contribution is 0.112. The molecule has 0 saturated carbocycles. The molecular weight excluding hydrogens is 236 g/mol. The zero-order valence-corrected chi connectivity index (χ0v) is 10.8. The van der Waals surface area contributed by atoms with Crippen LogP contribution in [0.25, 0.3) is 21.5 Å². The summed E-state index contributed by atoms with van der Waals surface area (Å²) >= 11 is 0. The van der Waals surface area contributed by atoms with E-state index >= 15 is 0 Å². The monoisotopic (exact) mass is 252 g/mol. The van der Waals surface area contributed by atoms with Gasteiger partial charge in [-0.25, -0.2) is 0 Å². The molecule has 3 aromatic rings. The summed E-state index contributed by atoms with van der Waals surface area (Å²) in [5.74, 6) is 0. The van der Waals surface area contributed by atoms with Gasteiger partial charge in [0.2, 0.25) is 0 Å². The van der Waals surface area contributed by atoms with E-state index in [1.807, 2.05) is 48.5 Å². The molecule has 0 heterocycles. The third-order valence-corrected chi connectivity index (χ3v) is 2.93. The minimum absolute atomic E-state index is 0.250. The third kappa shape index (κ3) is 2.64. The van der Waals surface area contributed by atoms with E-state index in [1.54, 1.807) is 6.92 Å². The number of aliphatic hydroxyl groups excluding tert-OH is 1. The molecular formula is C17H16O2. The van der Waals surface area contributed by atoms with Crippen molar-refractivity contribution in [1.29, 1.82) is 0 Å². The van der Waals surface area contributed by atoms with E-state index in [9.17, 15) is 4.79 Å². The van der Waals surface area contributed by atoms with Crippen molar-refractivity contribution < 1.29 is 9.90 Å². The summed E-state index contributed by atoms with van der Waals surface area (Å²) < 4.78 is 0. The number of benzene rings is 3. The molecule has 0 fully saturated rings. The largest absolute Gasteiger partial charge is 0.397 e. The van der Waals surface area contributed by atoms with Crippen LogP contribution in [0.2, 0.25) is 0 Å². The fraction of sp³-hybridized carbons (Fsp3) is 0.118. The van der Waals surface area contributed by atoms with Crippen LogP contribution in [0.15, 0.2) is 54.6 Å². The summed E-state index contributed by atoms with van der Waals surface area (Å²) in [5.41, 5.74) is 0.786. The van der Waals surface area contributed by atoms with E-state index in [-0.39, 0.29) is 6.61 Å². The van der Waals surface area contributed by atoms with E-state index in [1.165, 1.54) is 0 Å². The number of fused-ring (bicyclic) bond motifs is 2. The van der Waals surface area contributed by atoms with E-state index in [2.05, 4.69) is 6.07 Å². The summed E-state index contributed by atoms with van der Waals surface area (Å²) in [6, 6.07) is 18.1. The van der Waals surface area contributed by atoms with Gasteiger partial charge in [-0.15, -0.1) is 0 Å². The number of rotatable bonds is 1. The van der Waals surface area contributed by atoms with Gasteiger partial charge in [-0.1, -0.05) is 48.5 Å². The first-order valence-corrected chi connectivity index (χ1v) is 6.28. The Balaban J connectivity index is 0.000000408. The zero-order chi connectivity index (χ0) is 13.7. The van der Waals surface area contributed by atoms with Gasteiger partial charge >= 0.3 is 0 Å². The van der Waals surface area contributed by atoms with Crippen molar-refractivity contribution in [3.05, 3.63) is 60.2 Å². The van der Waals surface area contributed by atoms with Crippen molar-refractivity contribution in [2.75, 3.05) is 6.61 Å². The highest BCUT2D eigenvalue weighted by atomic mass is 16.2. The van der Waals surface area contributed by atoms with E-state index in [4.69, 9.17) is 5.11 Å². The molecule has 0 saturated heterocycles. The van der Waals surface area contributed by atoms with Gasteiger partial charge < -0.3 is 5.11 Å². The lowest BCUT2D eigenvalue weighted by Crippen LogP contribution is -1.86. The quantitative estimate of drug-likeness (QED) is 0.528. The highest BCUT2D eigenvalue weighted by Crippen LogP contribution is 2.26. The zero-order valence-electron chi connectivity index (χ0n) is 10.8. The van der Waals surface area contributed by atoms with Gasteiger partial charge in [-0.3, -0.25) is 4.79 Å². The van der Waals surface area contributed by atoms with Crippen molar-refractivity contribution in [3.8, 4) is 0 Å². The Bertz CT molecular complexity index is 648. The van der Waals surface area contributed by atoms with Gasteiger partial charge in [0, 0.05) is 12.2 Å². The van der Waals surface area contributed by atoms with Crippen molar-refractivity contribution in [2.24, 2.45) is 0 Å². The first-order valence-electron chi connectivity index (χ1n) is 6.28. The fourth-order valence-electron chi connectivity index (χ4n) is 2.18. The first-order chi connectivity index (χ1) is 9.31. The highest BCUT2D eigenvalue weighted by molar-refractivity contribution is 6.12. The second kappa shape index (κ2) is 6.12. The molecule has 0 amide bonds. The number of carbonyl (C=O) groups is 1. The average Bonchev–Trinajstić information content (AvgIpc) is 2.45. The summed E-state index contributed by atoms with van der Waals surface area (Å²) in [5, 5.41) is 11.8. The van der Waals surface area contributed by atoms with Crippen molar-refractivity contribution >= 4 is 27.8 Å². The SMILES string of the molecule is CCO.O=Cc1c2ccccc2cc2ccccc12. The molecule has 0 aliphatic carbocycles. The number of aldehydes is 1. The normalized spacial score (nSPS) is 10.0. The molecule has 1 N–H and O–H groups in total. The molecule has 2 heteroatoms. The molecule has 2 nitrogen and oxygen atoms in total. The highest BCUT2D eigenvalue weighted by Gasteiger charge is 2.05. The van der Waals surface area contributed by atoms with Gasteiger partial charge in [0.25, 0.3) is 0 Å². The Hall–Kier alpha value is -2.19. The van der Waals surface area contributed by atoms with Crippen molar-refractivity contribution in [2.45, 2.75) is 6.92 Å². The average molecular weight is 252 g/mol. The number of hydrogen-bond donors (Lipinski definition) is 1. The van der Waals surface area contributed by atoms with E-state index in [0.29, 0.717) is 0 Å². The van der Waals surface area contributed by atoms with Crippen LogP contribution >= 0.6 is 0 Å². The Morgan fingerprint density at radius 1 is 0.947 bits per heavy atom. The maximum Gasteiger partial charge on any atom is 0.151 e. The maximum atomic E-state index is 11.2. The molecule has 3 aromatic carbocycles. The fourth-order valence-corrected chi connectivity index (χ4v) is 2.18. The Labute approximate surface area is 112 Å². The second-order valence-electron chi connectivity index (χ2n) is 4.17. The Morgan fingerprint density at radius 2 is 1.37 bits per heavy atom. The summed E-state index contributed by atoms with van der Waals surface area (Å²) in [6.45, 7) is 1.93. The van der Waals surface area contributed by atoms with Gasteiger partial charge in [0.1, 0.15) is 0 Å². The van der Waals surface area contributed by atoms with Crippen LogP contribution in [0.4, 0.5) is 0 Å². The van der Waals surface area contributed by atoms with Crippen LogP contribution in [-0.4, -0.2) is 18.0 Å². The molecule has 0 unspecified atom stereocenters. The van der Waals surface area contributed by atoms with Crippen LogP contribution in [-0.2, 0) is 0 Å². The second-order valence-corrected chi connectivity index (χ2v) is 4.17. The molecule has 3 rings (SSSR count). The van der Waals surface area contributed by atoms with E-state index < -0.39 is 0 Å². The number of hydrogen-bond acceptors (Lipinski definition) is 2. The van der Waals surface area contributed by atoms with Crippen LogP contribution in [0, 0.1) is 0 Å². The topological polar surface area (TPSA) is 37.3 Å². The molecule has 96 valence electrons. The standard InChI is InChI=1S/C15H10O.C2H6O/c16-10-15-13-7-3-1-5-11(13)9-12-6-2-4-8-14(12)15;1-2-3/h1-10H;3H,2H2,1H3. The Morgan fingerprint density at radius 3 is 1.79 bits per heavy atom. The van der Waals surface area contributed by atoms with Crippen molar-refractivity contribution in [3.63, 3.8) is 0 Å². The molecule has 0 spiro atoms. The number of aliphatic hydroxyl groups is 1. The van der Waals surface area contributed by atoms with Gasteiger partial charge in [-0.2, -0.15) is 0 Å². The molecule has 0 bridgehead atoms. The predicted octanol–water partition coefficient (Wildman–Crippen LogP) is 3.80. The molecule has 0 aliphatic heterocycles. The minimum atomic E-state index is 0.250. The maximum absolute atomic E-state index is 11.2. The molecule has 19 heavy (non-hydrogen) atoms. The van der Waals surface area contributed by atoms with E-state index in [0.717, 1.165) is 33.4 Å². The third-order valence-electron chi connectivity index (χ3n) is 2.93. The summed E-state index contributed by atoms with van der Waals surface area (Å²) in [6.07, 6.45) is 0.949. The van der Waals surface area contributed by atoms with Crippen LogP contribution in [0.1, 0.15) is 17.3 Å². The molecule has 0 aliphatic rings. The first kappa shape index (κ1) is 13.2. The predicted molar refractivity (Wildman–Crippen MR) is 79.6 cm³/mol. The van der Waals surface area contributed by atoms with Crippen LogP contribution < -0.4 is 0 Å². The van der Waals surface area contributed by atoms with Crippen LogP contribution in [0.3, 0.4) is 0 Å². The van der Waals surface area contributed by atoms with Crippen LogP contribution in [0.5, 0.6) is 0 Å². The summed E-state index contributed by atoms with van der Waals surface area (Å²) in [7, 11) is 0. The Kier molecular flexibility index (Phi) is 4.26. The minimum Gasteiger partial charge on any atom is -0.397 e. The molecule has 0 aromatic heterocycles. The van der Waals surface area contributed by atoms with Gasteiger partial charge in [0.05, 0.1) is 0 Å². The smallest absolute Gasteiger partial charge is 0.151 e. The lowest BCUT2D eigenvalue weighted by atomic mass is 9.98. The lowest BCUT2D eigenvalue weighted by Gasteiger charge is -2.05. The van der Waals surface area contributed by atoms with Crippen molar-refractivity contribution in [1.82, 2.24) is 0 Å². The van der Waals surface area contributed by atoms with Gasteiger partial charge in [-0.05, 0) is 34.5 Å². The van der Waals surface area contributed by atoms with Gasteiger partial charge in [0.15, 0.2) is 6.29 Å².